The van der Waals surface area contributed by atoms with Gasteiger partial charge in [-0.15, -0.1) is 5.10 Å². The summed E-state index contributed by atoms with van der Waals surface area (Å²) in [5.41, 5.74) is 2.74. The van der Waals surface area contributed by atoms with Gasteiger partial charge < -0.3 is 20.1 Å². The molecule has 10 nitrogen and oxygen atoms in total. The Morgan fingerprint density at radius 3 is 2.65 bits per heavy atom. The molecule has 0 unspecified atom stereocenters. The van der Waals surface area contributed by atoms with Crippen LogP contribution in [0.4, 0.5) is 5.69 Å². The van der Waals surface area contributed by atoms with Crippen molar-refractivity contribution < 1.29 is 19.1 Å². The summed E-state index contributed by atoms with van der Waals surface area (Å²) in [6, 6.07) is 16.0. The minimum absolute atomic E-state index is 0.134. The van der Waals surface area contributed by atoms with E-state index < -0.39 is 11.6 Å². The molecule has 0 fully saturated rings. The van der Waals surface area contributed by atoms with Gasteiger partial charge in [0.15, 0.2) is 17.1 Å². The molecular weight excluding hydrogens is 438 g/mol. The number of nitrogens with zero attached hydrogens (tertiary/aromatic N) is 3. The molecule has 34 heavy (non-hydrogen) atoms. The van der Waals surface area contributed by atoms with E-state index in [1.54, 1.807) is 30.3 Å². The fourth-order valence-corrected chi connectivity index (χ4v) is 3.56. The zero-order valence-corrected chi connectivity index (χ0v) is 18.3. The monoisotopic (exact) mass is 459 g/mol. The number of anilines is 1. The summed E-state index contributed by atoms with van der Waals surface area (Å²) in [5, 5.41) is 9.73. The van der Waals surface area contributed by atoms with Gasteiger partial charge in [-0.3, -0.25) is 9.59 Å². The predicted molar refractivity (Wildman–Crippen MR) is 123 cm³/mol. The van der Waals surface area contributed by atoms with Crippen molar-refractivity contribution in [2.75, 3.05) is 12.1 Å². The van der Waals surface area contributed by atoms with E-state index in [1.807, 2.05) is 31.2 Å². The minimum atomic E-state index is -0.524. The number of hydrogen-bond donors (Lipinski definition) is 2. The molecule has 0 spiro atoms. The molecular formula is C24H21N5O5. The zero-order chi connectivity index (χ0) is 23.7. The lowest BCUT2D eigenvalue weighted by molar-refractivity contribution is -0.117. The Morgan fingerprint density at radius 1 is 1.03 bits per heavy atom. The number of aromatic nitrogens is 3. The normalized spacial score (nSPS) is 12.0. The second kappa shape index (κ2) is 8.74. The predicted octanol–water partition coefficient (Wildman–Crippen LogP) is 2.10. The molecule has 0 saturated carbocycles. The fraction of sp³-hybridized carbons (Fsp3) is 0.167. The van der Waals surface area contributed by atoms with Crippen molar-refractivity contribution in [2.45, 2.75) is 20.0 Å². The second-order valence-corrected chi connectivity index (χ2v) is 7.87. The van der Waals surface area contributed by atoms with Gasteiger partial charge in [0, 0.05) is 24.5 Å². The molecule has 0 aliphatic carbocycles. The number of carbonyl (C=O) groups is 2. The van der Waals surface area contributed by atoms with E-state index in [4.69, 9.17) is 9.47 Å². The van der Waals surface area contributed by atoms with Crippen molar-refractivity contribution in [3.8, 4) is 11.5 Å². The average molecular weight is 459 g/mol. The Balaban J connectivity index is 1.27. The van der Waals surface area contributed by atoms with Crippen molar-refractivity contribution in [3.05, 3.63) is 88.0 Å². The number of pyridine rings is 1. The minimum Gasteiger partial charge on any atom is -0.454 e. The van der Waals surface area contributed by atoms with E-state index in [-0.39, 0.29) is 19.2 Å². The van der Waals surface area contributed by atoms with Crippen molar-refractivity contribution >= 4 is 23.1 Å². The molecule has 2 amide bonds. The molecule has 5 rings (SSSR count). The van der Waals surface area contributed by atoms with Crippen molar-refractivity contribution in [2.24, 2.45) is 0 Å². The number of ether oxygens (including phenoxy) is 2. The highest BCUT2D eigenvalue weighted by atomic mass is 16.7. The number of amides is 2. The third-order valence-electron chi connectivity index (χ3n) is 5.36. The van der Waals surface area contributed by atoms with Crippen LogP contribution in [0.15, 0.2) is 65.6 Å². The SMILES string of the molecule is Cc1ccc(CNC(=O)c2ccc3nn(CC(=O)Nc4ccc5c(c4)OCO5)c(=O)n3c2)cc1. The number of carbonyl (C=O) groups excluding carboxylic acids is 2. The van der Waals surface area contributed by atoms with Gasteiger partial charge in [0.25, 0.3) is 5.91 Å². The number of rotatable bonds is 6. The first-order valence-corrected chi connectivity index (χ1v) is 10.6. The van der Waals surface area contributed by atoms with Gasteiger partial charge in [0.05, 0.1) is 5.56 Å². The maximum atomic E-state index is 12.8. The Kier molecular flexibility index (Phi) is 5.46. The van der Waals surface area contributed by atoms with E-state index in [9.17, 15) is 14.4 Å². The van der Waals surface area contributed by atoms with E-state index >= 15 is 0 Å². The average Bonchev–Trinajstić information content (AvgIpc) is 3.42. The number of nitrogens with one attached hydrogen (secondary N) is 2. The maximum Gasteiger partial charge on any atom is 0.350 e. The quantitative estimate of drug-likeness (QED) is 0.456. The van der Waals surface area contributed by atoms with Crippen LogP contribution in [-0.2, 0) is 17.9 Å². The van der Waals surface area contributed by atoms with Gasteiger partial charge >= 0.3 is 5.69 Å². The summed E-state index contributed by atoms with van der Waals surface area (Å²) < 4.78 is 12.8. The lowest BCUT2D eigenvalue weighted by Gasteiger charge is -2.06. The molecule has 1 aliphatic rings. The van der Waals surface area contributed by atoms with Crippen LogP contribution < -0.4 is 25.8 Å². The molecule has 2 N–H and O–H groups in total. The van der Waals surface area contributed by atoms with Crippen LogP contribution in [0.2, 0.25) is 0 Å². The smallest absolute Gasteiger partial charge is 0.350 e. The van der Waals surface area contributed by atoms with Crippen LogP contribution in [0.1, 0.15) is 21.5 Å². The summed E-state index contributed by atoms with van der Waals surface area (Å²) in [6.07, 6.45) is 1.42. The van der Waals surface area contributed by atoms with Crippen molar-refractivity contribution in [3.63, 3.8) is 0 Å². The van der Waals surface area contributed by atoms with E-state index in [1.165, 1.54) is 10.6 Å². The van der Waals surface area contributed by atoms with Crippen LogP contribution in [0.5, 0.6) is 11.5 Å². The Hall–Kier alpha value is -4.60. The molecule has 4 aromatic rings. The number of benzene rings is 2. The van der Waals surface area contributed by atoms with Crippen LogP contribution in [0, 0.1) is 6.92 Å². The lowest BCUT2D eigenvalue weighted by Crippen LogP contribution is -2.28. The van der Waals surface area contributed by atoms with Gasteiger partial charge in [0.2, 0.25) is 12.7 Å². The summed E-state index contributed by atoms with van der Waals surface area (Å²) in [4.78, 5) is 37.8. The molecule has 3 heterocycles. The van der Waals surface area contributed by atoms with Crippen LogP contribution >= 0.6 is 0 Å². The molecule has 0 bridgehead atoms. The van der Waals surface area contributed by atoms with Crippen LogP contribution in [0.25, 0.3) is 5.65 Å². The first kappa shape index (κ1) is 21.3. The van der Waals surface area contributed by atoms with Gasteiger partial charge in [-0.2, -0.15) is 0 Å². The largest absolute Gasteiger partial charge is 0.454 e. The molecule has 0 saturated heterocycles. The number of aryl methyl sites for hydroxylation is 1. The molecule has 2 aromatic heterocycles. The maximum absolute atomic E-state index is 12.8. The summed E-state index contributed by atoms with van der Waals surface area (Å²) in [6.45, 7) is 2.21. The van der Waals surface area contributed by atoms with Crippen LogP contribution in [0.3, 0.4) is 0 Å². The fourth-order valence-electron chi connectivity index (χ4n) is 3.56. The molecule has 1 aliphatic heterocycles. The van der Waals surface area contributed by atoms with Gasteiger partial charge in [-0.1, -0.05) is 29.8 Å². The highest BCUT2D eigenvalue weighted by Gasteiger charge is 2.16. The van der Waals surface area contributed by atoms with Crippen molar-refractivity contribution in [1.82, 2.24) is 19.5 Å². The Morgan fingerprint density at radius 2 is 1.82 bits per heavy atom. The third kappa shape index (κ3) is 4.33. The molecule has 10 heteroatoms. The highest BCUT2D eigenvalue weighted by molar-refractivity contribution is 5.94. The molecule has 2 aromatic carbocycles. The number of fused-ring (bicyclic) bond motifs is 2. The van der Waals surface area contributed by atoms with E-state index in [0.717, 1.165) is 15.8 Å². The Labute approximate surface area is 193 Å². The Bertz CT molecular complexity index is 1460. The first-order valence-electron chi connectivity index (χ1n) is 10.6. The van der Waals surface area contributed by atoms with Gasteiger partial charge in [-0.25, -0.2) is 13.9 Å². The van der Waals surface area contributed by atoms with Crippen LogP contribution in [-0.4, -0.2) is 32.8 Å². The first-order chi connectivity index (χ1) is 16.5. The molecule has 172 valence electrons. The molecule has 0 atom stereocenters. The van der Waals surface area contributed by atoms with E-state index in [2.05, 4.69) is 15.7 Å². The van der Waals surface area contributed by atoms with Crippen molar-refractivity contribution in [1.29, 1.82) is 0 Å². The third-order valence-corrected chi connectivity index (χ3v) is 5.36. The molecule has 0 radical (unpaired) electrons. The summed E-state index contributed by atoms with van der Waals surface area (Å²) in [7, 11) is 0. The van der Waals surface area contributed by atoms with E-state index in [0.29, 0.717) is 34.9 Å². The zero-order valence-electron chi connectivity index (χ0n) is 18.3. The summed E-state index contributed by atoms with van der Waals surface area (Å²) >= 11 is 0. The summed E-state index contributed by atoms with van der Waals surface area (Å²) in [5.74, 6) is 0.396. The standard InChI is InChI=1S/C24H21N5O5/c1-15-2-4-16(5-3-15)11-25-23(31)17-6-9-21-27-29(24(32)28(21)12-17)13-22(30)26-18-7-8-19-20(10-18)34-14-33-19/h2-10,12H,11,13-14H2,1H3,(H,25,31)(H,26,30). The highest BCUT2D eigenvalue weighted by Crippen LogP contribution is 2.34. The van der Waals surface area contributed by atoms with Gasteiger partial charge in [-0.05, 0) is 36.8 Å². The lowest BCUT2D eigenvalue weighted by atomic mass is 10.1. The topological polar surface area (TPSA) is 116 Å². The van der Waals surface area contributed by atoms with Gasteiger partial charge in [0.1, 0.15) is 6.54 Å². The second-order valence-electron chi connectivity index (χ2n) is 7.87. The number of hydrogen-bond acceptors (Lipinski definition) is 6.